The summed E-state index contributed by atoms with van der Waals surface area (Å²) < 4.78 is 0.117. The van der Waals surface area contributed by atoms with Crippen LogP contribution in [0.25, 0.3) is 0 Å². The first kappa shape index (κ1) is 8.66. The lowest BCUT2D eigenvalue weighted by Gasteiger charge is -2.26. The Morgan fingerprint density at radius 1 is 1.62 bits per heavy atom. The Labute approximate surface area is 78.2 Å². The van der Waals surface area contributed by atoms with Crippen molar-refractivity contribution in [1.82, 2.24) is 4.98 Å². The molecule has 1 aliphatic rings. The highest BCUT2D eigenvalue weighted by Crippen LogP contribution is 2.34. The molecule has 0 aromatic carbocycles. The van der Waals surface area contributed by atoms with E-state index >= 15 is 0 Å². The number of rotatable bonds is 1. The summed E-state index contributed by atoms with van der Waals surface area (Å²) in [6.07, 6.45) is 5.76. The number of aromatic nitrogens is 1. The molecule has 3 heteroatoms. The van der Waals surface area contributed by atoms with Gasteiger partial charge >= 0.3 is 0 Å². The van der Waals surface area contributed by atoms with Crippen LogP contribution in [0.4, 0.5) is 0 Å². The summed E-state index contributed by atoms with van der Waals surface area (Å²) in [5.74, 6) is 0. The van der Waals surface area contributed by atoms with Crippen molar-refractivity contribution in [2.75, 3.05) is 13.6 Å². The van der Waals surface area contributed by atoms with Crippen molar-refractivity contribution in [3.05, 3.63) is 30.1 Å². The highest BCUT2D eigenvalue weighted by molar-refractivity contribution is 5.12. The average Bonchev–Trinajstić information content (AvgIpc) is 2.47. The second kappa shape index (κ2) is 3.09. The van der Waals surface area contributed by atoms with Crippen LogP contribution in [0, 0.1) is 0 Å². The summed E-state index contributed by atoms with van der Waals surface area (Å²) in [6, 6.07) is 4.18. The van der Waals surface area contributed by atoms with E-state index in [0.717, 1.165) is 24.9 Å². The van der Waals surface area contributed by atoms with Gasteiger partial charge in [-0.15, -0.1) is 0 Å². The van der Waals surface area contributed by atoms with Gasteiger partial charge in [-0.3, -0.25) is 4.98 Å². The van der Waals surface area contributed by atoms with Gasteiger partial charge in [0.15, 0.2) is 0 Å². The second-order valence-electron chi connectivity index (χ2n) is 3.88. The Morgan fingerprint density at radius 3 is 3.00 bits per heavy atom. The maximum Gasteiger partial charge on any atom is 0.146 e. The van der Waals surface area contributed by atoms with E-state index < -0.39 is 0 Å². The van der Waals surface area contributed by atoms with Crippen LogP contribution in [0.5, 0.6) is 0 Å². The normalized spacial score (nSPS) is 33.5. The Kier molecular flexibility index (Phi) is 2.06. The van der Waals surface area contributed by atoms with E-state index in [-0.39, 0.29) is 10.7 Å². The minimum Gasteiger partial charge on any atom is -0.264 e. The highest BCUT2D eigenvalue weighted by atomic mass is 16.5. The molecule has 1 unspecified atom stereocenters. The molecular formula is C10H15N2O+. The predicted molar refractivity (Wildman–Crippen MR) is 49.0 cm³/mol. The standard InChI is InChI=1S/C10H15N2O/c1-12(13)7-3-5-10(12)9-4-2-6-11-8-9/h2,4,6,8,10,13H,3,5,7H2,1H3/q+1/t10-,12?/m0/s1. The van der Waals surface area contributed by atoms with Crippen LogP contribution in [0.2, 0.25) is 0 Å². The quantitative estimate of drug-likeness (QED) is 0.666. The van der Waals surface area contributed by atoms with Crippen molar-refractivity contribution in [3.8, 4) is 0 Å². The molecule has 2 atom stereocenters. The molecule has 0 saturated carbocycles. The highest BCUT2D eigenvalue weighted by Gasteiger charge is 2.38. The fourth-order valence-corrected chi connectivity index (χ4v) is 2.10. The van der Waals surface area contributed by atoms with Gasteiger partial charge in [0.25, 0.3) is 0 Å². The number of hydroxylamine groups is 3. The lowest BCUT2D eigenvalue weighted by Crippen LogP contribution is -2.39. The van der Waals surface area contributed by atoms with Crippen LogP contribution in [0.1, 0.15) is 24.4 Å². The van der Waals surface area contributed by atoms with Crippen LogP contribution >= 0.6 is 0 Å². The number of hydrogen-bond acceptors (Lipinski definition) is 2. The van der Waals surface area contributed by atoms with Crippen LogP contribution in [-0.2, 0) is 0 Å². The number of quaternary nitrogens is 1. The van der Waals surface area contributed by atoms with Crippen molar-refractivity contribution in [2.24, 2.45) is 0 Å². The van der Waals surface area contributed by atoms with E-state index in [4.69, 9.17) is 0 Å². The van der Waals surface area contributed by atoms with Crippen molar-refractivity contribution in [1.29, 1.82) is 0 Å². The van der Waals surface area contributed by atoms with Gasteiger partial charge in [-0.25, -0.2) is 5.21 Å². The minimum atomic E-state index is 0.117. The van der Waals surface area contributed by atoms with E-state index in [1.54, 1.807) is 6.20 Å². The second-order valence-corrected chi connectivity index (χ2v) is 3.88. The van der Waals surface area contributed by atoms with Crippen molar-refractivity contribution >= 4 is 0 Å². The third-order valence-corrected chi connectivity index (χ3v) is 2.83. The Hall–Kier alpha value is -0.930. The monoisotopic (exact) mass is 179 g/mol. The van der Waals surface area contributed by atoms with E-state index in [1.807, 2.05) is 25.4 Å². The number of pyridine rings is 1. The molecule has 0 aliphatic carbocycles. The molecule has 1 aromatic rings. The van der Waals surface area contributed by atoms with Crippen LogP contribution < -0.4 is 0 Å². The largest absolute Gasteiger partial charge is 0.264 e. The van der Waals surface area contributed by atoms with Gasteiger partial charge in [0.2, 0.25) is 0 Å². The molecule has 0 spiro atoms. The predicted octanol–water partition coefficient (Wildman–Crippen LogP) is 1.75. The molecule has 0 amide bonds. The maximum atomic E-state index is 10.0. The molecule has 3 nitrogen and oxygen atoms in total. The topological polar surface area (TPSA) is 33.1 Å². The first-order valence-electron chi connectivity index (χ1n) is 4.68. The van der Waals surface area contributed by atoms with E-state index in [2.05, 4.69) is 4.98 Å². The minimum absolute atomic E-state index is 0.117. The molecule has 70 valence electrons. The van der Waals surface area contributed by atoms with E-state index in [0.29, 0.717) is 0 Å². The zero-order valence-electron chi connectivity index (χ0n) is 7.85. The summed E-state index contributed by atoms with van der Waals surface area (Å²) in [7, 11) is 1.87. The van der Waals surface area contributed by atoms with Crippen LogP contribution in [-0.4, -0.2) is 28.4 Å². The lowest BCUT2D eigenvalue weighted by atomic mass is 10.1. The number of nitrogens with zero attached hydrogens (tertiary/aromatic N) is 2. The molecular weight excluding hydrogens is 164 g/mol. The fourth-order valence-electron chi connectivity index (χ4n) is 2.10. The average molecular weight is 179 g/mol. The third kappa shape index (κ3) is 1.57. The molecule has 1 fully saturated rings. The van der Waals surface area contributed by atoms with Gasteiger partial charge in [0.1, 0.15) is 12.6 Å². The summed E-state index contributed by atoms with van der Waals surface area (Å²) >= 11 is 0. The smallest absolute Gasteiger partial charge is 0.146 e. The summed E-state index contributed by atoms with van der Waals surface area (Å²) in [5, 5.41) is 10.0. The molecule has 1 aliphatic heterocycles. The third-order valence-electron chi connectivity index (χ3n) is 2.83. The molecule has 0 radical (unpaired) electrons. The van der Waals surface area contributed by atoms with Gasteiger partial charge in [-0.2, -0.15) is 4.65 Å². The summed E-state index contributed by atoms with van der Waals surface area (Å²) in [6.45, 7) is 0.847. The number of hydrogen-bond donors (Lipinski definition) is 1. The van der Waals surface area contributed by atoms with Crippen LogP contribution in [0.3, 0.4) is 0 Å². The van der Waals surface area contributed by atoms with Gasteiger partial charge in [-0.1, -0.05) is 0 Å². The number of likely N-dealkylation sites (tertiary alicyclic amines) is 1. The fraction of sp³-hybridized carbons (Fsp3) is 0.500. The zero-order chi connectivity index (χ0) is 9.31. The molecule has 2 rings (SSSR count). The molecule has 0 bridgehead atoms. The molecule has 1 aromatic heterocycles. The van der Waals surface area contributed by atoms with Crippen molar-refractivity contribution in [2.45, 2.75) is 18.9 Å². The van der Waals surface area contributed by atoms with Gasteiger partial charge in [-0.05, 0) is 12.1 Å². The summed E-state index contributed by atoms with van der Waals surface area (Å²) in [4.78, 5) is 4.07. The molecule has 1 saturated heterocycles. The molecule has 2 heterocycles. The molecule has 1 N–H and O–H groups in total. The molecule has 13 heavy (non-hydrogen) atoms. The van der Waals surface area contributed by atoms with Gasteiger partial charge in [0, 0.05) is 30.8 Å². The lowest BCUT2D eigenvalue weighted by molar-refractivity contribution is -1.10. The zero-order valence-corrected chi connectivity index (χ0v) is 7.85. The SMILES string of the molecule is C[N+]1(O)CCC[C@H]1c1cccnc1. The Balaban J connectivity index is 2.27. The van der Waals surface area contributed by atoms with Crippen molar-refractivity contribution in [3.63, 3.8) is 0 Å². The Bertz CT molecular complexity index is 284. The van der Waals surface area contributed by atoms with E-state index in [9.17, 15) is 5.21 Å². The van der Waals surface area contributed by atoms with Crippen molar-refractivity contribution < 1.29 is 9.85 Å². The van der Waals surface area contributed by atoms with Gasteiger partial charge in [0.05, 0.1) is 7.05 Å². The summed E-state index contributed by atoms with van der Waals surface area (Å²) in [5.41, 5.74) is 1.14. The van der Waals surface area contributed by atoms with E-state index in [1.165, 1.54) is 0 Å². The van der Waals surface area contributed by atoms with Gasteiger partial charge < -0.3 is 0 Å². The Morgan fingerprint density at radius 2 is 2.46 bits per heavy atom. The first-order valence-corrected chi connectivity index (χ1v) is 4.68. The van der Waals surface area contributed by atoms with Crippen LogP contribution in [0.15, 0.2) is 24.5 Å². The maximum absolute atomic E-state index is 10.0. The first-order chi connectivity index (χ1) is 6.20.